The van der Waals surface area contributed by atoms with Gasteiger partial charge in [-0.25, -0.2) is 4.99 Å². The topological polar surface area (TPSA) is 77.4 Å². The molecule has 6 heteroatoms. The number of hydrogen-bond donors (Lipinski definition) is 1. The minimum Gasteiger partial charge on any atom is -0.369 e. The van der Waals surface area contributed by atoms with E-state index in [1.807, 2.05) is 27.7 Å². The number of carbonyl (C=O) groups is 2. The van der Waals surface area contributed by atoms with E-state index in [1.54, 1.807) is 11.5 Å². The van der Waals surface area contributed by atoms with Crippen LogP contribution in [0.4, 0.5) is 0 Å². The second-order valence-corrected chi connectivity index (χ2v) is 11.2. The maximum absolute atomic E-state index is 13.4. The predicted octanol–water partition coefficient (Wildman–Crippen LogP) is 4.39. The molecule has 1 aliphatic carbocycles. The number of aromatic nitrogens is 1. The summed E-state index contributed by atoms with van der Waals surface area (Å²) < 4.78 is 2.98. The molecule has 0 spiro atoms. The van der Waals surface area contributed by atoms with Crippen LogP contribution in [0.2, 0.25) is 0 Å². The number of aryl methyl sites for hydroxylation is 1. The fraction of sp³-hybridized carbons (Fsp3) is 0.773. The number of amides is 2. The Kier molecular flexibility index (Phi) is 6.07. The Morgan fingerprint density at radius 1 is 1.18 bits per heavy atom. The van der Waals surface area contributed by atoms with Crippen LogP contribution in [0.3, 0.4) is 0 Å². The highest BCUT2D eigenvalue weighted by molar-refractivity contribution is 7.04. The molecule has 0 unspecified atom stereocenters. The van der Waals surface area contributed by atoms with Gasteiger partial charge in [-0.1, -0.05) is 41.0 Å². The molecule has 1 aromatic heterocycles. The van der Waals surface area contributed by atoms with E-state index in [1.165, 1.54) is 0 Å². The van der Waals surface area contributed by atoms with Crippen LogP contribution in [0, 0.1) is 16.2 Å². The van der Waals surface area contributed by atoms with Gasteiger partial charge in [-0.2, -0.15) is 0 Å². The van der Waals surface area contributed by atoms with Gasteiger partial charge in [0.1, 0.15) is 4.67 Å². The Labute approximate surface area is 173 Å². The van der Waals surface area contributed by atoms with Crippen LogP contribution >= 0.6 is 11.5 Å². The number of rotatable bonds is 5. The number of hydrogen-bond acceptors (Lipinski definition) is 3. The van der Waals surface area contributed by atoms with Crippen molar-refractivity contribution in [1.29, 1.82) is 0 Å². The second kappa shape index (κ2) is 7.43. The largest absolute Gasteiger partial charge is 0.369 e. The zero-order chi connectivity index (χ0) is 21.5. The van der Waals surface area contributed by atoms with E-state index in [0.29, 0.717) is 12.8 Å². The lowest BCUT2D eigenvalue weighted by Gasteiger charge is -2.43. The molecule has 2 rings (SSSR count). The van der Waals surface area contributed by atoms with Crippen LogP contribution in [-0.4, -0.2) is 15.8 Å². The summed E-state index contributed by atoms with van der Waals surface area (Å²) in [6, 6.07) is 0. The van der Waals surface area contributed by atoms with Gasteiger partial charge in [0.05, 0.1) is 10.8 Å². The molecule has 1 fully saturated rings. The van der Waals surface area contributed by atoms with E-state index < -0.39 is 16.2 Å². The van der Waals surface area contributed by atoms with Crippen molar-refractivity contribution >= 4 is 23.3 Å². The fourth-order valence-corrected chi connectivity index (χ4v) is 5.13. The van der Waals surface area contributed by atoms with Crippen molar-refractivity contribution in [3.8, 4) is 0 Å². The number of unbranched alkanes of at least 4 members (excludes halogenated alkanes) is 1. The first-order chi connectivity index (χ1) is 12.7. The highest BCUT2D eigenvalue weighted by Crippen LogP contribution is 2.62. The van der Waals surface area contributed by atoms with Crippen LogP contribution in [0.15, 0.2) is 11.2 Å². The summed E-state index contributed by atoms with van der Waals surface area (Å²) in [7, 11) is 0. The molecule has 0 aromatic carbocycles. The van der Waals surface area contributed by atoms with Crippen LogP contribution < -0.4 is 10.4 Å². The molecule has 158 valence electrons. The Hall–Kier alpha value is -1.43. The number of primary amides is 1. The molecular weight excluding hydrogens is 370 g/mol. The van der Waals surface area contributed by atoms with E-state index >= 15 is 0 Å². The molecule has 2 atom stereocenters. The third-order valence-corrected chi connectivity index (χ3v) is 8.67. The monoisotopic (exact) mass is 407 g/mol. The van der Waals surface area contributed by atoms with Crippen molar-refractivity contribution in [2.45, 2.75) is 93.0 Å². The van der Waals surface area contributed by atoms with E-state index in [-0.39, 0.29) is 17.4 Å². The molecule has 0 bridgehead atoms. The van der Waals surface area contributed by atoms with Crippen molar-refractivity contribution in [2.75, 3.05) is 0 Å². The van der Waals surface area contributed by atoms with E-state index in [9.17, 15) is 9.59 Å². The van der Waals surface area contributed by atoms with Crippen molar-refractivity contribution < 1.29 is 9.59 Å². The molecule has 1 heterocycles. The molecule has 0 aliphatic heterocycles. The van der Waals surface area contributed by atoms with Gasteiger partial charge in [0.15, 0.2) is 0 Å². The lowest BCUT2D eigenvalue weighted by atomic mass is 9.59. The van der Waals surface area contributed by atoms with Gasteiger partial charge < -0.3 is 5.73 Å². The average Bonchev–Trinajstić information content (AvgIpc) is 3.07. The van der Waals surface area contributed by atoms with Crippen molar-refractivity contribution in [2.24, 2.45) is 27.0 Å². The van der Waals surface area contributed by atoms with E-state index in [0.717, 1.165) is 29.5 Å². The third-order valence-electron chi connectivity index (χ3n) is 7.30. The van der Waals surface area contributed by atoms with Crippen molar-refractivity contribution in [3.05, 3.63) is 16.4 Å². The summed E-state index contributed by atoms with van der Waals surface area (Å²) >= 11 is 1.55. The SMILES string of the molecule is CCCCc1cn(C(C)(C)C)sc1=NC(=O)[C@]1(C)CC[C@](C)(C(N)=O)C1(C)C. The van der Waals surface area contributed by atoms with Gasteiger partial charge in [0.25, 0.3) is 5.91 Å². The third kappa shape index (κ3) is 3.60. The van der Waals surface area contributed by atoms with Crippen LogP contribution in [0.5, 0.6) is 0 Å². The first kappa shape index (κ1) is 22.9. The molecule has 0 saturated heterocycles. The predicted molar refractivity (Wildman–Crippen MR) is 115 cm³/mol. The summed E-state index contributed by atoms with van der Waals surface area (Å²) in [6.45, 7) is 16.4. The molecule has 2 N–H and O–H groups in total. The normalized spacial score (nSPS) is 27.9. The lowest BCUT2D eigenvalue weighted by Crippen LogP contribution is -2.50. The first-order valence-electron chi connectivity index (χ1n) is 10.3. The smallest absolute Gasteiger partial charge is 0.253 e. The Morgan fingerprint density at radius 3 is 2.21 bits per heavy atom. The summed E-state index contributed by atoms with van der Waals surface area (Å²) in [4.78, 5) is 30.2. The maximum Gasteiger partial charge on any atom is 0.253 e. The van der Waals surface area contributed by atoms with Crippen molar-refractivity contribution in [3.63, 3.8) is 0 Å². The zero-order valence-corrected chi connectivity index (χ0v) is 19.6. The lowest BCUT2D eigenvalue weighted by molar-refractivity contribution is -0.141. The minimum atomic E-state index is -0.713. The molecule has 2 amide bonds. The van der Waals surface area contributed by atoms with Crippen LogP contribution in [0.1, 0.15) is 86.6 Å². The average molecular weight is 408 g/mol. The molecule has 1 saturated carbocycles. The van der Waals surface area contributed by atoms with Crippen molar-refractivity contribution in [1.82, 2.24) is 3.96 Å². The summed E-state index contributed by atoms with van der Waals surface area (Å²) in [5, 5.41) is 0. The van der Waals surface area contributed by atoms with Gasteiger partial charge in [-0.15, -0.1) is 0 Å². The molecule has 1 aliphatic rings. The highest BCUT2D eigenvalue weighted by Gasteiger charge is 2.64. The Bertz CT molecular complexity index is 828. The van der Waals surface area contributed by atoms with Gasteiger partial charge in [-0.3, -0.25) is 13.5 Å². The maximum atomic E-state index is 13.4. The molecule has 5 nitrogen and oxygen atoms in total. The van der Waals surface area contributed by atoms with Crippen LogP contribution in [0.25, 0.3) is 0 Å². The first-order valence-corrected chi connectivity index (χ1v) is 11.1. The Balaban J connectivity index is 2.52. The summed E-state index contributed by atoms with van der Waals surface area (Å²) in [6.07, 6.45) is 6.46. The minimum absolute atomic E-state index is 0.0521. The zero-order valence-electron chi connectivity index (χ0n) is 18.8. The quantitative estimate of drug-likeness (QED) is 0.785. The number of carbonyl (C=O) groups excluding carboxylic acids is 2. The number of nitrogens with two attached hydrogens (primary N) is 1. The summed E-state index contributed by atoms with van der Waals surface area (Å²) in [5.41, 5.74) is 4.82. The Morgan fingerprint density at radius 2 is 1.75 bits per heavy atom. The standard InChI is InChI=1S/C22H37N3O2S/c1-9-10-11-15-14-25(19(2,3)4)28-16(15)24-18(27)22(8)13-12-21(7,17(23)26)20(22,5)6/h14H,9-13H2,1-8H3,(H2,23,26)/t21-,22+/m1/s1. The van der Waals surface area contributed by atoms with E-state index in [2.05, 4.69) is 42.8 Å². The molecular formula is C22H37N3O2S. The van der Waals surface area contributed by atoms with Gasteiger partial charge in [-0.05, 0) is 63.4 Å². The molecule has 0 radical (unpaired) electrons. The highest BCUT2D eigenvalue weighted by atomic mass is 32.1. The fourth-order valence-electron chi connectivity index (χ4n) is 4.09. The van der Waals surface area contributed by atoms with E-state index in [4.69, 9.17) is 5.73 Å². The summed E-state index contributed by atoms with van der Waals surface area (Å²) in [5.74, 6) is -0.470. The van der Waals surface area contributed by atoms with Crippen LogP contribution in [-0.2, 0) is 21.5 Å². The second-order valence-electron chi connectivity index (χ2n) is 10.2. The molecule has 28 heavy (non-hydrogen) atoms. The van der Waals surface area contributed by atoms with Gasteiger partial charge in [0, 0.05) is 17.3 Å². The molecule has 1 aromatic rings. The van der Waals surface area contributed by atoms with Gasteiger partial charge in [0.2, 0.25) is 5.91 Å². The van der Waals surface area contributed by atoms with Gasteiger partial charge >= 0.3 is 0 Å². The number of nitrogens with zero attached hydrogens (tertiary/aromatic N) is 2.